The number of likely N-dealkylation sites (tertiary alicyclic amines) is 1. The summed E-state index contributed by atoms with van der Waals surface area (Å²) >= 11 is 0. The average Bonchev–Trinajstić information content (AvgIpc) is 2.27. The highest BCUT2D eigenvalue weighted by atomic mass is 15.2. The summed E-state index contributed by atoms with van der Waals surface area (Å²) in [7, 11) is 0. The van der Waals surface area contributed by atoms with Crippen LogP contribution >= 0.6 is 0 Å². The van der Waals surface area contributed by atoms with Gasteiger partial charge >= 0.3 is 0 Å². The van der Waals surface area contributed by atoms with E-state index in [1.54, 1.807) is 0 Å². The summed E-state index contributed by atoms with van der Waals surface area (Å²) in [6.07, 6.45) is 4.95. The Morgan fingerprint density at radius 1 is 0.941 bits per heavy atom. The maximum atomic E-state index is 9.33. The zero-order valence-electron chi connectivity index (χ0n) is 11.5. The molecule has 5 unspecified atom stereocenters. The van der Waals surface area contributed by atoms with E-state index in [0.29, 0.717) is 6.04 Å². The van der Waals surface area contributed by atoms with Gasteiger partial charge < -0.3 is 0 Å². The number of piperidine rings is 1. The molecule has 1 aliphatic heterocycles. The molecule has 1 heterocycles. The Kier molecular flexibility index (Phi) is 4.09. The summed E-state index contributed by atoms with van der Waals surface area (Å²) in [5.41, 5.74) is 0. The lowest BCUT2D eigenvalue weighted by Crippen LogP contribution is -2.50. The molecule has 0 aromatic heterocycles. The van der Waals surface area contributed by atoms with Crippen molar-refractivity contribution >= 4 is 0 Å². The molecule has 0 aromatic carbocycles. The summed E-state index contributed by atoms with van der Waals surface area (Å²) in [6.45, 7) is 9.48. The monoisotopic (exact) mass is 234 g/mol. The summed E-state index contributed by atoms with van der Waals surface area (Å²) in [5, 5.41) is 9.33. The first kappa shape index (κ1) is 12.9. The normalized spacial score (nSPS) is 44.2. The van der Waals surface area contributed by atoms with E-state index in [4.69, 9.17) is 0 Å². The zero-order chi connectivity index (χ0) is 12.4. The van der Waals surface area contributed by atoms with Gasteiger partial charge in [0, 0.05) is 19.1 Å². The van der Waals surface area contributed by atoms with Gasteiger partial charge in [0.05, 0.1) is 12.0 Å². The first-order valence-corrected chi connectivity index (χ1v) is 7.23. The van der Waals surface area contributed by atoms with Crippen LogP contribution in [0.2, 0.25) is 0 Å². The lowest BCUT2D eigenvalue weighted by atomic mass is 9.77. The van der Waals surface area contributed by atoms with Crippen LogP contribution in [0.4, 0.5) is 0 Å². The highest BCUT2D eigenvalue weighted by Crippen LogP contribution is 2.34. The SMILES string of the molecule is CC1CCC(C#N)C(N2CC(C)CC(C)C2)C1. The van der Waals surface area contributed by atoms with Gasteiger partial charge in [-0.25, -0.2) is 0 Å². The van der Waals surface area contributed by atoms with Crippen LogP contribution in [0.3, 0.4) is 0 Å². The fourth-order valence-electron chi connectivity index (χ4n) is 3.89. The van der Waals surface area contributed by atoms with E-state index in [9.17, 15) is 5.26 Å². The fraction of sp³-hybridized carbons (Fsp3) is 0.933. The average molecular weight is 234 g/mol. The summed E-state index contributed by atoms with van der Waals surface area (Å²) in [5.74, 6) is 2.69. The molecule has 0 radical (unpaired) electrons. The number of nitriles is 1. The molecule has 1 aliphatic carbocycles. The van der Waals surface area contributed by atoms with Gasteiger partial charge in [-0.15, -0.1) is 0 Å². The van der Waals surface area contributed by atoms with Crippen LogP contribution in [0, 0.1) is 35.0 Å². The molecular formula is C15H26N2. The van der Waals surface area contributed by atoms with E-state index in [1.807, 2.05) is 0 Å². The molecule has 0 amide bonds. The van der Waals surface area contributed by atoms with E-state index in [0.717, 1.165) is 24.2 Å². The molecule has 2 heteroatoms. The van der Waals surface area contributed by atoms with Crippen molar-refractivity contribution in [1.82, 2.24) is 4.90 Å². The summed E-state index contributed by atoms with van der Waals surface area (Å²) < 4.78 is 0. The van der Waals surface area contributed by atoms with Crippen molar-refractivity contribution in [3.05, 3.63) is 0 Å². The third-order valence-corrected chi connectivity index (χ3v) is 4.61. The Balaban J connectivity index is 2.05. The van der Waals surface area contributed by atoms with Gasteiger partial charge in [-0.2, -0.15) is 5.26 Å². The number of hydrogen-bond acceptors (Lipinski definition) is 2. The lowest BCUT2D eigenvalue weighted by molar-refractivity contribution is 0.0463. The minimum Gasteiger partial charge on any atom is -0.299 e. The minimum atomic E-state index is 0.281. The van der Waals surface area contributed by atoms with Crippen molar-refractivity contribution in [1.29, 1.82) is 5.26 Å². The fourth-order valence-corrected chi connectivity index (χ4v) is 3.89. The van der Waals surface area contributed by atoms with Crippen molar-refractivity contribution in [2.24, 2.45) is 23.7 Å². The molecule has 2 rings (SSSR count). The highest BCUT2D eigenvalue weighted by Gasteiger charge is 2.35. The van der Waals surface area contributed by atoms with Gasteiger partial charge in [-0.3, -0.25) is 4.90 Å². The standard InChI is InChI=1S/C15H26N2/c1-11-4-5-14(8-16)15(7-11)17-9-12(2)6-13(3)10-17/h11-15H,4-7,9-10H2,1-3H3. The largest absolute Gasteiger partial charge is 0.299 e. The third-order valence-electron chi connectivity index (χ3n) is 4.61. The Morgan fingerprint density at radius 3 is 2.18 bits per heavy atom. The molecule has 5 atom stereocenters. The maximum Gasteiger partial charge on any atom is 0.0672 e. The number of hydrogen-bond donors (Lipinski definition) is 0. The quantitative estimate of drug-likeness (QED) is 0.696. The van der Waals surface area contributed by atoms with E-state index in [1.165, 1.54) is 32.4 Å². The van der Waals surface area contributed by atoms with Crippen LogP contribution < -0.4 is 0 Å². The topological polar surface area (TPSA) is 27.0 Å². The van der Waals surface area contributed by atoms with Gasteiger partial charge in [0.2, 0.25) is 0 Å². The van der Waals surface area contributed by atoms with Gasteiger partial charge in [0.15, 0.2) is 0 Å². The second kappa shape index (κ2) is 5.40. The molecule has 96 valence electrons. The van der Waals surface area contributed by atoms with Crippen molar-refractivity contribution < 1.29 is 0 Å². The maximum absolute atomic E-state index is 9.33. The van der Waals surface area contributed by atoms with Crippen LogP contribution in [0.15, 0.2) is 0 Å². The summed E-state index contributed by atoms with van der Waals surface area (Å²) in [6, 6.07) is 3.10. The van der Waals surface area contributed by atoms with Gasteiger partial charge in [-0.1, -0.05) is 20.8 Å². The molecule has 2 fully saturated rings. The number of rotatable bonds is 1. The first-order valence-electron chi connectivity index (χ1n) is 7.23. The van der Waals surface area contributed by atoms with E-state index < -0.39 is 0 Å². The zero-order valence-corrected chi connectivity index (χ0v) is 11.5. The van der Waals surface area contributed by atoms with Gasteiger partial charge in [0.25, 0.3) is 0 Å². The molecule has 17 heavy (non-hydrogen) atoms. The molecule has 2 aliphatic rings. The predicted octanol–water partition coefficient (Wildman–Crippen LogP) is 3.29. The van der Waals surface area contributed by atoms with Crippen molar-refractivity contribution in [3.63, 3.8) is 0 Å². The lowest BCUT2D eigenvalue weighted by Gasteiger charge is -2.44. The predicted molar refractivity (Wildman–Crippen MR) is 70.4 cm³/mol. The van der Waals surface area contributed by atoms with Crippen LogP contribution in [-0.4, -0.2) is 24.0 Å². The molecule has 1 saturated carbocycles. The molecule has 2 nitrogen and oxygen atoms in total. The van der Waals surface area contributed by atoms with Crippen molar-refractivity contribution in [2.45, 2.75) is 52.5 Å². The first-order chi connectivity index (χ1) is 8.10. The van der Waals surface area contributed by atoms with Gasteiger partial charge in [0.1, 0.15) is 0 Å². The van der Waals surface area contributed by atoms with Crippen LogP contribution in [-0.2, 0) is 0 Å². The molecule has 0 spiro atoms. The Bertz CT molecular complexity index is 284. The molecule has 1 saturated heterocycles. The van der Waals surface area contributed by atoms with Crippen LogP contribution in [0.5, 0.6) is 0 Å². The molecule has 0 bridgehead atoms. The Morgan fingerprint density at radius 2 is 1.59 bits per heavy atom. The number of nitrogens with zero attached hydrogens (tertiary/aromatic N) is 2. The molecule has 0 N–H and O–H groups in total. The van der Waals surface area contributed by atoms with E-state index in [-0.39, 0.29) is 5.92 Å². The highest BCUT2D eigenvalue weighted by molar-refractivity contribution is 4.98. The van der Waals surface area contributed by atoms with Crippen LogP contribution in [0.1, 0.15) is 46.5 Å². The summed E-state index contributed by atoms with van der Waals surface area (Å²) in [4.78, 5) is 2.63. The minimum absolute atomic E-state index is 0.281. The molecule has 0 aromatic rings. The van der Waals surface area contributed by atoms with Gasteiger partial charge in [-0.05, 0) is 43.4 Å². The van der Waals surface area contributed by atoms with Crippen LogP contribution in [0.25, 0.3) is 0 Å². The smallest absolute Gasteiger partial charge is 0.0672 e. The third kappa shape index (κ3) is 3.01. The van der Waals surface area contributed by atoms with E-state index >= 15 is 0 Å². The molecular weight excluding hydrogens is 208 g/mol. The second-order valence-corrected chi connectivity index (χ2v) is 6.62. The Labute approximate surface area is 106 Å². The van der Waals surface area contributed by atoms with Crippen molar-refractivity contribution in [2.75, 3.05) is 13.1 Å². The van der Waals surface area contributed by atoms with Crippen molar-refractivity contribution in [3.8, 4) is 6.07 Å². The Hall–Kier alpha value is -0.550. The van der Waals surface area contributed by atoms with E-state index in [2.05, 4.69) is 31.7 Å². The second-order valence-electron chi connectivity index (χ2n) is 6.62.